The fraction of sp³-hybridized carbons (Fsp3) is 0.533. The lowest BCUT2D eigenvalue weighted by Gasteiger charge is -2.23. The van der Waals surface area contributed by atoms with Crippen LogP contribution in [0.4, 0.5) is 5.69 Å². The summed E-state index contributed by atoms with van der Waals surface area (Å²) in [6.07, 6.45) is 2.08. The summed E-state index contributed by atoms with van der Waals surface area (Å²) in [5.74, 6) is -0.581. The Morgan fingerprint density at radius 3 is 2.92 bits per heavy atom. The predicted molar refractivity (Wildman–Crippen MR) is 86.3 cm³/mol. The van der Waals surface area contributed by atoms with Crippen LogP contribution in [0.25, 0.3) is 0 Å². The Bertz CT molecular complexity index is 764. The average Bonchev–Trinajstić information content (AvgIpc) is 3.10. The molecule has 3 rings (SSSR count). The molecule has 0 radical (unpaired) electrons. The summed E-state index contributed by atoms with van der Waals surface area (Å²) in [4.78, 5) is 30.1. The lowest BCUT2D eigenvalue weighted by molar-refractivity contribution is -0.129. The van der Waals surface area contributed by atoms with E-state index in [2.05, 4.69) is 10.3 Å². The van der Waals surface area contributed by atoms with Crippen molar-refractivity contribution in [1.82, 2.24) is 9.88 Å². The number of amides is 2. The summed E-state index contributed by atoms with van der Waals surface area (Å²) in [6.45, 7) is 0.243. The molecule has 2 aliphatic heterocycles. The van der Waals surface area contributed by atoms with Crippen LogP contribution in [0.1, 0.15) is 12.8 Å². The number of sulfone groups is 1. The minimum absolute atomic E-state index is 0.0104. The van der Waals surface area contributed by atoms with Gasteiger partial charge in [-0.1, -0.05) is 0 Å². The van der Waals surface area contributed by atoms with Gasteiger partial charge in [-0.15, -0.1) is 0 Å². The Hall–Kier alpha value is -2.16. The second kappa shape index (κ2) is 6.39. The summed E-state index contributed by atoms with van der Waals surface area (Å²) < 4.78 is 28.3. The lowest BCUT2D eigenvalue weighted by Crippen LogP contribution is -2.38. The molecular formula is C15H19N3O5S. The zero-order valence-corrected chi connectivity index (χ0v) is 14.1. The number of nitrogens with one attached hydrogen (secondary N) is 1. The molecule has 0 aliphatic carbocycles. The zero-order chi connectivity index (χ0) is 17.3. The van der Waals surface area contributed by atoms with Crippen LogP contribution in [-0.2, 0) is 19.4 Å². The monoisotopic (exact) mass is 353 g/mol. The Morgan fingerprint density at radius 1 is 1.46 bits per heavy atom. The number of rotatable bonds is 4. The summed E-state index contributed by atoms with van der Waals surface area (Å²) in [7, 11) is -1.61. The van der Waals surface area contributed by atoms with Gasteiger partial charge in [0.2, 0.25) is 17.7 Å². The topological polar surface area (TPSA) is 106 Å². The van der Waals surface area contributed by atoms with Crippen molar-refractivity contribution in [3.8, 4) is 5.88 Å². The first-order valence-electron chi connectivity index (χ1n) is 7.69. The first-order chi connectivity index (χ1) is 11.4. The smallest absolute Gasteiger partial charge is 0.237 e. The molecule has 0 bridgehead atoms. The molecule has 8 nitrogen and oxygen atoms in total. The molecule has 0 spiro atoms. The normalized spacial score (nSPS) is 25.7. The average molecular weight is 353 g/mol. The van der Waals surface area contributed by atoms with Gasteiger partial charge in [0.1, 0.15) is 5.69 Å². The van der Waals surface area contributed by atoms with Crippen molar-refractivity contribution in [3.05, 3.63) is 18.3 Å². The van der Waals surface area contributed by atoms with E-state index in [1.165, 1.54) is 12.0 Å². The van der Waals surface area contributed by atoms with E-state index < -0.39 is 15.8 Å². The molecule has 2 saturated heterocycles. The number of likely N-dealkylation sites (tertiary alicyclic amines) is 1. The SMILES string of the molecule is COc1ncccc1NC(=O)[C@H]1CC(=O)N([C@H]2CCS(=O)(=O)C2)C1. The molecule has 24 heavy (non-hydrogen) atoms. The van der Waals surface area contributed by atoms with Crippen molar-refractivity contribution in [3.63, 3.8) is 0 Å². The van der Waals surface area contributed by atoms with Crippen LogP contribution in [0, 0.1) is 5.92 Å². The zero-order valence-electron chi connectivity index (χ0n) is 13.3. The van der Waals surface area contributed by atoms with Gasteiger partial charge in [0.15, 0.2) is 9.84 Å². The quantitative estimate of drug-likeness (QED) is 0.821. The standard InChI is InChI=1S/C15H19N3O5S/c1-23-15-12(3-2-5-16-15)17-14(20)10-7-13(19)18(8-10)11-4-6-24(21,22)9-11/h2-3,5,10-11H,4,6-9H2,1H3,(H,17,20)/t10-,11-/m0/s1. The number of methoxy groups -OCH3 is 1. The molecule has 2 atom stereocenters. The highest BCUT2D eigenvalue weighted by Crippen LogP contribution is 2.28. The molecule has 3 heterocycles. The number of anilines is 1. The Morgan fingerprint density at radius 2 is 2.25 bits per heavy atom. The van der Waals surface area contributed by atoms with Crippen LogP contribution in [0.2, 0.25) is 0 Å². The maximum absolute atomic E-state index is 12.4. The molecule has 1 aromatic heterocycles. The highest BCUT2D eigenvalue weighted by molar-refractivity contribution is 7.91. The molecule has 0 saturated carbocycles. The number of carbonyl (C=O) groups is 2. The highest BCUT2D eigenvalue weighted by atomic mass is 32.2. The fourth-order valence-electron chi connectivity index (χ4n) is 3.16. The predicted octanol–water partition coefficient (Wildman–Crippen LogP) is 0.0643. The van der Waals surface area contributed by atoms with Crippen molar-refractivity contribution in [2.75, 3.05) is 30.5 Å². The van der Waals surface area contributed by atoms with E-state index in [0.717, 1.165) is 0 Å². The summed E-state index contributed by atoms with van der Waals surface area (Å²) in [6, 6.07) is 3.03. The molecule has 0 unspecified atom stereocenters. The summed E-state index contributed by atoms with van der Waals surface area (Å²) >= 11 is 0. The number of hydrogen-bond donors (Lipinski definition) is 1. The van der Waals surface area contributed by atoms with Gasteiger partial charge in [-0.25, -0.2) is 13.4 Å². The lowest BCUT2D eigenvalue weighted by atomic mass is 10.1. The van der Waals surface area contributed by atoms with Crippen molar-refractivity contribution in [1.29, 1.82) is 0 Å². The first kappa shape index (κ1) is 16.7. The van der Waals surface area contributed by atoms with Gasteiger partial charge >= 0.3 is 0 Å². The number of nitrogens with zero attached hydrogens (tertiary/aromatic N) is 2. The van der Waals surface area contributed by atoms with Gasteiger partial charge in [0, 0.05) is 25.2 Å². The third kappa shape index (κ3) is 3.35. The molecule has 9 heteroatoms. The van der Waals surface area contributed by atoms with E-state index in [1.54, 1.807) is 18.3 Å². The van der Waals surface area contributed by atoms with Crippen LogP contribution >= 0.6 is 0 Å². The van der Waals surface area contributed by atoms with Gasteiger partial charge in [-0.05, 0) is 18.6 Å². The van der Waals surface area contributed by atoms with Gasteiger partial charge in [-0.3, -0.25) is 9.59 Å². The van der Waals surface area contributed by atoms with Crippen LogP contribution in [0.5, 0.6) is 5.88 Å². The van der Waals surface area contributed by atoms with Crippen LogP contribution in [-0.4, -0.2) is 61.3 Å². The largest absolute Gasteiger partial charge is 0.480 e. The molecule has 2 aliphatic rings. The van der Waals surface area contributed by atoms with Gasteiger partial charge in [-0.2, -0.15) is 0 Å². The maximum Gasteiger partial charge on any atom is 0.237 e. The maximum atomic E-state index is 12.4. The minimum Gasteiger partial charge on any atom is -0.480 e. The van der Waals surface area contributed by atoms with E-state index in [1.807, 2.05) is 0 Å². The van der Waals surface area contributed by atoms with E-state index in [4.69, 9.17) is 4.74 Å². The first-order valence-corrected chi connectivity index (χ1v) is 9.51. The number of pyridine rings is 1. The molecule has 0 aromatic carbocycles. The van der Waals surface area contributed by atoms with Crippen molar-refractivity contribution < 1.29 is 22.7 Å². The van der Waals surface area contributed by atoms with Crippen molar-refractivity contribution in [2.45, 2.75) is 18.9 Å². The second-order valence-corrected chi connectivity index (χ2v) is 8.28. The second-order valence-electron chi connectivity index (χ2n) is 6.05. The molecule has 2 fully saturated rings. The van der Waals surface area contributed by atoms with E-state index >= 15 is 0 Å². The van der Waals surface area contributed by atoms with Crippen LogP contribution in [0.3, 0.4) is 0 Å². The van der Waals surface area contributed by atoms with Gasteiger partial charge < -0.3 is 15.0 Å². The Labute approximate surface area is 140 Å². The van der Waals surface area contributed by atoms with Crippen molar-refractivity contribution in [2.24, 2.45) is 5.92 Å². The van der Waals surface area contributed by atoms with Gasteiger partial charge in [0.25, 0.3) is 0 Å². The molecular weight excluding hydrogens is 334 g/mol. The van der Waals surface area contributed by atoms with E-state index in [9.17, 15) is 18.0 Å². The van der Waals surface area contributed by atoms with Gasteiger partial charge in [0.05, 0.1) is 24.5 Å². The summed E-state index contributed by atoms with van der Waals surface area (Å²) in [5.41, 5.74) is 0.444. The third-order valence-electron chi connectivity index (χ3n) is 4.40. The number of aromatic nitrogens is 1. The molecule has 2 amide bonds. The number of ether oxygens (including phenoxy) is 1. The molecule has 1 N–H and O–H groups in total. The molecule has 130 valence electrons. The van der Waals surface area contributed by atoms with Crippen molar-refractivity contribution >= 4 is 27.3 Å². The summed E-state index contributed by atoms with van der Waals surface area (Å²) in [5, 5.41) is 2.73. The minimum atomic E-state index is -3.07. The Kier molecular flexibility index (Phi) is 4.44. The fourth-order valence-corrected chi connectivity index (χ4v) is 4.90. The van der Waals surface area contributed by atoms with E-state index in [-0.39, 0.29) is 42.3 Å². The van der Waals surface area contributed by atoms with Crippen LogP contribution in [0.15, 0.2) is 18.3 Å². The van der Waals surface area contributed by atoms with E-state index in [0.29, 0.717) is 18.0 Å². The van der Waals surface area contributed by atoms with Crippen LogP contribution < -0.4 is 10.1 Å². The molecule has 1 aromatic rings. The highest BCUT2D eigenvalue weighted by Gasteiger charge is 2.42. The third-order valence-corrected chi connectivity index (χ3v) is 6.15. The Balaban J connectivity index is 1.66. The number of hydrogen-bond acceptors (Lipinski definition) is 6. The number of carbonyl (C=O) groups excluding carboxylic acids is 2.